The summed E-state index contributed by atoms with van der Waals surface area (Å²) in [6, 6.07) is 15.3. The number of nitrogens with zero attached hydrogens (tertiary/aromatic N) is 2. The van der Waals surface area contributed by atoms with Gasteiger partial charge in [-0.05, 0) is 19.4 Å². The summed E-state index contributed by atoms with van der Waals surface area (Å²) in [5, 5.41) is 11.2. The van der Waals surface area contributed by atoms with Crippen molar-refractivity contribution in [2.75, 3.05) is 13.2 Å². The van der Waals surface area contributed by atoms with Crippen molar-refractivity contribution < 1.29 is 19.2 Å². The van der Waals surface area contributed by atoms with Gasteiger partial charge in [0.2, 0.25) is 5.91 Å². The Morgan fingerprint density at radius 1 is 1.11 bits per heavy atom. The van der Waals surface area contributed by atoms with Crippen molar-refractivity contribution in [3.63, 3.8) is 0 Å². The van der Waals surface area contributed by atoms with Crippen molar-refractivity contribution in [1.82, 2.24) is 4.90 Å². The smallest absolute Gasteiger partial charge is 0.307 e. The van der Waals surface area contributed by atoms with Gasteiger partial charge in [0.15, 0.2) is 0 Å². The lowest BCUT2D eigenvalue weighted by Crippen LogP contribution is -2.36. The molecule has 2 rings (SSSR count). The number of ether oxygens (including phenoxy) is 1. The van der Waals surface area contributed by atoms with Crippen molar-refractivity contribution in [2.24, 2.45) is 0 Å². The molecule has 1 atom stereocenters. The van der Waals surface area contributed by atoms with Crippen LogP contribution < -0.4 is 0 Å². The Morgan fingerprint density at radius 3 is 2.39 bits per heavy atom. The molecular weight excluding hydrogens is 360 g/mol. The molecule has 7 nitrogen and oxygen atoms in total. The zero-order chi connectivity index (χ0) is 20.5. The first kappa shape index (κ1) is 21.1. The predicted molar refractivity (Wildman–Crippen MR) is 105 cm³/mol. The van der Waals surface area contributed by atoms with Gasteiger partial charge in [-0.1, -0.05) is 48.5 Å². The molecule has 2 aromatic carbocycles. The minimum atomic E-state index is -0.494. The van der Waals surface area contributed by atoms with E-state index < -0.39 is 4.92 Å². The fourth-order valence-electron chi connectivity index (χ4n) is 2.99. The molecule has 0 aliphatic rings. The molecule has 28 heavy (non-hydrogen) atoms. The molecule has 0 heterocycles. The molecule has 1 unspecified atom stereocenters. The number of nitro benzene ring substituents is 1. The van der Waals surface area contributed by atoms with Crippen molar-refractivity contribution in [2.45, 2.75) is 32.7 Å². The second-order valence-corrected chi connectivity index (χ2v) is 6.29. The van der Waals surface area contributed by atoms with Crippen LogP contribution in [0.25, 0.3) is 0 Å². The van der Waals surface area contributed by atoms with Crippen LogP contribution in [0.5, 0.6) is 0 Å². The maximum absolute atomic E-state index is 13.0. The molecule has 0 aliphatic carbocycles. The van der Waals surface area contributed by atoms with Gasteiger partial charge >= 0.3 is 5.97 Å². The zero-order valence-corrected chi connectivity index (χ0v) is 16.0. The van der Waals surface area contributed by atoms with E-state index in [1.165, 1.54) is 6.07 Å². The van der Waals surface area contributed by atoms with Crippen molar-refractivity contribution in [3.05, 3.63) is 75.8 Å². The highest BCUT2D eigenvalue weighted by molar-refractivity contribution is 5.81. The number of amides is 1. The topological polar surface area (TPSA) is 89.8 Å². The molecule has 0 spiro atoms. The maximum atomic E-state index is 13.0. The van der Waals surface area contributed by atoms with Gasteiger partial charge in [-0.15, -0.1) is 0 Å². The van der Waals surface area contributed by atoms with Crippen molar-refractivity contribution in [1.29, 1.82) is 0 Å². The zero-order valence-electron chi connectivity index (χ0n) is 16.0. The normalized spacial score (nSPS) is 11.5. The Hall–Kier alpha value is -3.22. The van der Waals surface area contributed by atoms with E-state index in [-0.39, 0.29) is 49.6 Å². The lowest BCUT2D eigenvalue weighted by molar-refractivity contribution is -0.385. The highest BCUT2D eigenvalue weighted by atomic mass is 16.6. The Labute approximate surface area is 164 Å². The molecule has 0 aromatic heterocycles. The molecular formula is C21H24N2O5. The number of rotatable bonds is 9. The van der Waals surface area contributed by atoms with Crippen LogP contribution in [0.1, 0.15) is 37.4 Å². The second-order valence-electron chi connectivity index (χ2n) is 6.29. The van der Waals surface area contributed by atoms with E-state index in [0.717, 1.165) is 5.56 Å². The van der Waals surface area contributed by atoms with E-state index >= 15 is 0 Å². The summed E-state index contributed by atoms with van der Waals surface area (Å²) in [5.74, 6) is -0.666. The van der Waals surface area contributed by atoms with Crippen molar-refractivity contribution >= 4 is 17.6 Å². The maximum Gasteiger partial charge on any atom is 0.307 e. The number of nitro groups is 1. The molecule has 0 aliphatic heterocycles. The predicted octanol–water partition coefficient (Wildman–Crippen LogP) is 3.68. The molecule has 0 bridgehead atoms. The van der Waals surface area contributed by atoms with Gasteiger partial charge in [-0.3, -0.25) is 19.7 Å². The Kier molecular flexibility index (Phi) is 7.68. The van der Waals surface area contributed by atoms with E-state index in [1.54, 1.807) is 30.0 Å². The van der Waals surface area contributed by atoms with Gasteiger partial charge in [0.1, 0.15) is 0 Å². The van der Waals surface area contributed by atoms with Gasteiger partial charge < -0.3 is 9.64 Å². The van der Waals surface area contributed by atoms with Crippen molar-refractivity contribution in [3.8, 4) is 0 Å². The van der Waals surface area contributed by atoms with Gasteiger partial charge in [-0.25, -0.2) is 0 Å². The number of benzene rings is 2. The first-order valence-corrected chi connectivity index (χ1v) is 9.16. The van der Waals surface area contributed by atoms with Crippen LogP contribution in [0.2, 0.25) is 0 Å². The monoisotopic (exact) mass is 384 g/mol. The molecule has 1 amide bonds. The Morgan fingerprint density at radius 2 is 1.75 bits per heavy atom. The van der Waals surface area contributed by atoms with Crippen LogP contribution >= 0.6 is 0 Å². The van der Waals surface area contributed by atoms with Gasteiger partial charge in [0.25, 0.3) is 5.69 Å². The number of esters is 1. The standard InChI is InChI=1S/C21H24N2O5/c1-3-28-21(25)13-14-22(16(2)17-9-5-4-6-10-17)20(24)15-18-11-7-8-12-19(18)23(26)27/h4-12,16H,3,13-15H2,1-2H3. The SMILES string of the molecule is CCOC(=O)CCN(C(=O)Cc1ccccc1[N+](=O)[O-])C(C)c1ccccc1. The second kappa shape index (κ2) is 10.2. The van der Waals surface area contributed by atoms with E-state index in [4.69, 9.17) is 4.74 Å². The number of para-hydroxylation sites is 1. The van der Waals surface area contributed by atoms with Crippen LogP contribution in [-0.4, -0.2) is 34.9 Å². The molecule has 0 saturated carbocycles. The molecule has 0 fully saturated rings. The Balaban J connectivity index is 2.23. The summed E-state index contributed by atoms with van der Waals surface area (Å²) in [6.07, 6.45) is -0.0508. The minimum absolute atomic E-state index is 0.0631. The first-order chi connectivity index (χ1) is 13.4. The molecule has 7 heteroatoms. The van der Waals surface area contributed by atoms with Crippen LogP contribution in [0.4, 0.5) is 5.69 Å². The third-order valence-corrected chi connectivity index (χ3v) is 4.46. The number of hydrogen-bond donors (Lipinski definition) is 0. The summed E-state index contributed by atoms with van der Waals surface area (Å²) in [6.45, 7) is 4.05. The first-order valence-electron chi connectivity index (χ1n) is 9.16. The fourth-order valence-corrected chi connectivity index (χ4v) is 2.99. The minimum Gasteiger partial charge on any atom is -0.466 e. The Bertz CT molecular complexity index is 823. The fraction of sp³-hybridized carbons (Fsp3) is 0.333. The number of carbonyl (C=O) groups is 2. The van der Waals surface area contributed by atoms with Crippen LogP contribution in [0, 0.1) is 10.1 Å². The summed E-state index contributed by atoms with van der Waals surface area (Å²) in [7, 11) is 0. The summed E-state index contributed by atoms with van der Waals surface area (Å²) < 4.78 is 4.96. The largest absolute Gasteiger partial charge is 0.466 e. The van der Waals surface area contributed by atoms with Gasteiger partial charge in [0, 0.05) is 18.2 Å². The highest BCUT2D eigenvalue weighted by Gasteiger charge is 2.25. The number of hydrogen-bond acceptors (Lipinski definition) is 5. The summed E-state index contributed by atoms with van der Waals surface area (Å²) >= 11 is 0. The van der Waals surface area contributed by atoms with Crippen LogP contribution in [0.3, 0.4) is 0 Å². The number of carbonyl (C=O) groups excluding carboxylic acids is 2. The molecule has 0 radical (unpaired) electrons. The van der Waals surface area contributed by atoms with Gasteiger partial charge in [0.05, 0.1) is 30.4 Å². The average molecular weight is 384 g/mol. The summed E-state index contributed by atoms with van der Waals surface area (Å²) in [4.78, 5) is 37.1. The molecule has 2 aromatic rings. The van der Waals surface area contributed by atoms with E-state index in [0.29, 0.717) is 5.56 Å². The lowest BCUT2D eigenvalue weighted by atomic mass is 10.0. The molecule has 148 valence electrons. The third kappa shape index (κ3) is 5.64. The van der Waals surface area contributed by atoms with Crippen LogP contribution in [-0.2, 0) is 20.7 Å². The highest BCUT2D eigenvalue weighted by Crippen LogP contribution is 2.24. The lowest BCUT2D eigenvalue weighted by Gasteiger charge is -2.29. The van der Waals surface area contributed by atoms with E-state index in [2.05, 4.69) is 0 Å². The summed E-state index contributed by atoms with van der Waals surface area (Å²) in [5.41, 5.74) is 1.18. The average Bonchev–Trinajstić information content (AvgIpc) is 2.69. The van der Waals surface area contributed by atoms with E-state index in [9.17, 15) is 19.7 Å². The quantitative estimate of drug-likeness (QED) is 0.374. The third-order valence-electron chi connectivity index (χ3n) is 4.46. The molecule has 0 saturated heterocycles. The van der Waals surface area contributed by atoms with Crippen LogP contribution in [0.15, 0.2) is 54.6 Å². The molecule has 0 N–H and O–H groups in total. The van der Waals surface area contributed by atoms with Gasteiger partial charge in [-0.2, -0.15) is 0 Å². The van der Waals surface area contributed by atoms with E-state index in [1.807, 2.05) is 37.3 Å².